The van der Waals surface area contributed by atoms with Gasteiger partial charge >= 0.3 is 0 Å². The molecule has 1 aromatic carbocycles. The van der Waals surface area contributed by atoms with E-state index in [0.29, 0.717) is 36.4 Å². The highest BCUT2D eigenvalue weighted by atomic mass is 35.5. The van der Waals surface area contributed by atoms with Gasteiger partial charge in [0.25, 0.3) is 0 Å². The van der Waals surface area contributed by atoms with Crippen molar-refractivity contribution < 1.29 is 9.47 Å². The minimum atomic E-state index is 0.335. The smallest absolute Gasteiger partial charge is 0.180 e. The van der Waals surface area contributed by atoms with Crippen molar-refractivity contribution in [1.29, 1.82) is 0 Å². The lowest BCUT2D eigenvalue weighted by Gasteiger charge is -2.19. The van der Waals surface area contributed by atoms with Crippen LogP contribution in [0, 0.1) is 0 Å². The summed E-state index contributed by atoms with van der Waals surface area (Å²) in [6, 6.07) is 1.89. The van der Waals surface area contributed by atoms with E-state index < -0.39 is 0 Å². The van der Waals surface area contributed by atoms with Gasteiger partial charge in [0.05, 0.1) is 18.2 Å². The molecule has 0 aromatic heterocycles. The summed E-state index contributed by atoms with van der Waals surface area (Å²) in [5.41, 5.74) is 7.93. The molecule has 2 rings (SSSR count). The predicted octanol–water partition coefficient (Wildman–Crippen LogP) is 3.08. The summed E-state index contributed by atoms with van der Waals surface area (Å²) in [6.45, 7) is 6.01. The Morgan fingerprint density at radius 3 is 2.53 bits per heavy atom. The van der Waals surface area contributed by atoms with Crippen LogP contribution in [0.15, 0.2) is 6.07 Å². The highest BCUT2D eigenvalue weighted by molar-refractivity contribution is 6.32. The fourth-order valence-corrected chi connectivity index (χ4v) is 2.43. The highest BCUT2D eigenvalue weighted by Crippen LogP contribution is 2.44. The fourth-order valence-electron chi connectivity index (χ4n) is 2.16. The summed E-state index contributed by atoms with van der Waals surface area (Å²) < 4.78 is 11.5. The number of halogens is 1. The number of rotatable bonds is 2. The van der Waals surface area contributed by atoms with Crippen LogP contribution in [0.1, 0.15) is 37.3 Å². The SMILES string of the molecule is CC(C)c1c(CN)cc(Cl)c2c1OCCCO2. The van der Waals surface area contributed by atoms with E-state index in [9.17, 15) is 0 Å². The van der Waals surface area contributed by atoms with Gasteiger partial charge in [0, 0.05) is 18.5 Å². The zero-order valence-corrected chi connectivity index (χ0v) is 11.0. The second kappa shape index (κ2) is 5.15. The van der Waals surface area contributed by atoms with Gasteiger partial charge in [0.1, 0.15) is 0 Å². The number of benzene rings is 1. The maximum absolute atomic E-state index is 6.21. The molecule has 1 aliphatic heterocycles. The van der Waals surface area contributed by atoms with Crippen molar-refractivity contribution in [1.82, 2.24) is 0 Å². The molecule has 0 saturated carbocycles. The number of ether oxygens (including phenoxy) is 2. The Kier molecular flexibility index (Phi) is 3.79. The molecule has 0 bridgehead atoms. The van der Waals surface area contributed by atoms with E-state index in [-0.39, 0.29) is 0 Å². The van der Waals surface area contributed by atoms with E-state index in [1.807, 2.05) is 6.07 Å². The summed E-state index contributed by atoms with van der Waals surface area (Å²) in [5, 5.41) is 0.590. The van der Waals surface area contributed by atoms with E-state index in [1.165, 1.54) is 0 Å². The van der Waals surface area contributed by atoms with Crippen LogP contribution < -0.4 is 15.2 Å². The average molecular weight is 256 g/mol. The monoisotopic (exact) mass is 255 g/mol. The van der Waals surface area contributed by atoms with E-state index in [2.05, 4.69) is 13.8 Å². The fraction of sp³-hybridized carbons (Fsp3) is 0.538. The third-order valence-electron chi connectivity index (χ3n) is 2.89. The Hall–Kier alpha value is -0.930. The molecule has 1 aliphatic rings. The molecule has 17 heavy (non-hydrogen) atoms. The lowest BCUT2D eigenvalue weighted by Crippen LogP contribution is -2.07. The van der Waals surface area contributed by atoms with Crippen LogP contribution >= 0.6 is 11.6 Å². The van der Waals surface area contributed by atoms with Gasteiger partial charge in [-0.15, -0.1) is 0 Å². The summed E-state index contributed by atoms with van der Waals surface area (Å²) in [6.07, 6.45) is 0.875. The Labute approximate surface area is 107 Å². The molecule has 0 amide bonds. The zero-order chi connectivity index (χ0) is 12.4. The molecule has 0 atom stereocenters. The topological polar surface area (TPSA) is 44.5 Å². The maximum Gasteiger partial charge on any atom is 0.180 e. The normalized spacial score (nSPS) is 14.9. The molecule has 3 nitrogen and oxygen atoms in total. The quantitative estimate of drug-likeness (QED) is 0.883. The molecule has 1 aromatic rings. The van der Waals surface area contributed by atoms with Gasteiger partial charge in [-0.2, -0.15) is 0 Å². The Morgan fingerprint density at radius 2 is 1.94 bits per heavy atom. The highest BCUT2D eigenvalue weighted by Gasteiger charge is 2.23. The number of hydrogen-bond acceptors (Lipinski definition) is 3. The van der Waals surface area contributed by atoms with Gasteiger partial charge in [-0.05, 0) is 17.5 Å². The minimum Gasteiger partial charge on any atom is -0.489 e. The molecule has 94 valence electrons. The summed E-state index contributed by atoms with van der Waals surface area (Å²) in [5.74, 6) is 1.79. The molecule has 0 fully saturated rings. The van der Waals surface area contributed by atoms with Crippen LogP contribution in [-0.4, -0.2) is 13.2 Å². The van der Waals surface area contributed by atoms with Crippen LogP contribution in [0.4, 0.5) is 0 Å². The summed E-state index contributed by atoms with van der Waals surface area (Å²) >= 11 is 6.21. The first-order valence-corrected chi connectivity index (χ1v) is 6.34. The molecule has 2 N–H and O–H groups in total. The van der Waals surface area contributed by atoms with Crippen molar-refractivity contribution in [2.24, 2.45) is 5.73 Å². The number of hydrogen-bond donors (Lipinski definition) is 1. The van der Waals surface area contributed by atoms with Crippen molar-refractivity contribution in [2.45, 2.75) is 32.7 Å². The van der Waals surface area contributed by atoms with Gasteiger partial charge in [-0.1, -0.05) is 25.4 Å². The van der Waals surface area contributed by atoms with Crippen molar-refractivity contribution in [2.75, 3.05) is 13.2 Å². The Bertz CT molecular complexity index is 418. The lowest BCUT2D eigenvalue weighted by molar-refractivity contribution is 0.295. The first-order chi connectivity index (χ1) is 8.15. The second-order valence-electron chi connectivity index (χ2n) is 4.50. The number of fused-ring (bicyclic) bond motifs is 1. The standard InChI is InChI=1S/C13H18ClNO2/c1-8(2)11-9(7-15)6-10(14)12-13(11)17-5-3-4-16-12/h6,8H,3-5,7,15H2,1-2H3. The largest absolute Gasteiger partial charge is 0.489 e. The maximum atomic E-state index is 6.21. The van der Waals surface area contributed by atoms with Crippen molar-refractivity contribution >= 4 is 11.6 Å². The predicted molar refractivity (Wildman–Crippen MR) is 69.0 cm³/mol. The molecular formula is C13H18ClNO2. The van der Waals surface area contributed by atoms with Gasteiger partial charge in [0.2, 0.25) is 0 Å². The average Bonchev–Trinajstić information content (AvgIpc) is 2.53. The van der Waals surface area contributed by atoms with E-state index in [4.69, 9.17) is 26.8 Å². The lowest BCUT2D eigenvalue weighted by atomic mass is 9.95. The second-order valence-corrected chi connectivity index (χ2v) is 4.91. The summed E-state index contributed by atoms with van der Waals surface area (Å²) in [4.78, 5) is 0. The van der Waals surface area contributed by atoms with E-state index >= 15 is 0 Å². The molecule has 1 heterocycles. The molecule has 0 radical (unpaired) electrons. The van der Waals surface area contributed by atoms with Gasteiger partial charge in [-0.3, -0.25) is 0 Å². The molecule has 0 aliphatic carbocycles. The van der Waals surface area contributed by atoms with Crippen LogP contribution in [0.2, 0.25) is 5.02 Å². The molecule has 0 spiro atoms. The first-order valence-electron chi connectivity index (χ1n) is 5.96. The van der Waals surface area contributed by atoms with Gasteiger partial charge < -0.3 is 15.2 Å². The van der Waals surface area contributed by atoms with Crippen molar-refractivity contribution in [3.8, 4) is 11.5 Å². The molecule has 0 saturated heterocycles. The van der Waals surface area contributed by atoms with E-state index in [1.54, 1.807) is 0 Å². The van der Waals surface area contributed by atoms with Crippen LogP contribution in [0.5, 0.6) is 11.5 Å². The van der Waals surface area contributed by atoms with Crippen LogP contribution in [0.3, 0.4) is 0 Å². The van der Waals surface area contributed by atoms with Gasteiger partial charge in [-0.25, -0.2) is 0 Å². The third kappa shape index (κ3) is 2.35. The molecular weight excluding hydrogens is 238 g/mol. The Balaban J connectivity index is 2.62. The minimum absolute atomic E-state index is 0.335. The summed E-state index contributed by atoms with van der Waals surface area (Å²) in [7, 11) is 0. The van der Waals surface area contributed by atoms with Gasteiger partial charge in [0.15, 0.2) is 11.5 Å². The van der Waals surface area contributed by atoms with E-state index in [0.717, 1.165) is 23.3 Å². The van der Waals surface area contributed by atoms with Crippen LogP contribution in [-0.2, 0) is 6.54 Å². The number of nitrogens with two attached hydrogens (primary N) is 1. The third-order valence-corrected chi connectivity index (χ3v) is 3.17. The molecule has 0 unspecified atom stereocenters. The first kappa shape index (κ1) is 12.5. The van der Waals surface area contributed by atoms with Crippen molar-refractivity contribution in [3.05, 3.63) is 22.2 Å². The Morgan fingerprint density at radius 1 is 1.29 bits per heavy atom. The van der Waals surface area contributed by atoms with Crippen molar-refractivity contribution in [3.63, 3.8) is 0 Å². The zero-order valence-electron chi connectivity index (χ0n) is 10.3. The molecule has 4 heteroatoms. The van der Waals surface area contributed by atoms with Crippen LogP contribution in [0.25, 0.3) is 0 Å².